The smallest absolute Gasteiger partial charge is 0.196 e. The first-order valence-electron chi connectivity index (χ1n) is 8.12. The molecule has 2 saturated carbocycles. The van der Waals surface area contributed by atoms with Gasteiger partial charge in [-0.15, -0.1) is 6.42 Å². The van der Waals surface area contributed by atoms with E-state index in [2.05, 4.69) is 12.8 Å². The van der Waals surface area contributed by atoms with E-state index < -0.39 is 10.8 Å². The monoisotopic (exact) mass is 307 g/mol. The van der Waals surface area contributed by atoms with E-state index in [0.717, 1.165) is 18.4 Å². The summed E-state index contributed by atoms with van der Waals surface area (Å²) in [5.74, 6) is 3.08. The van der Waals surface area contributed by atoms with Crippen molar-refractivity contribution >= 4 is 11.6 Å². The molecule has 3 atom stereocenters. The largest absolute Gasteiger partial charge is 0.299 e. The highest BCUT2D eigenvalue weighted by molar-refractivity contribution is 6.09. The Kier molecular flexibility index (Phi) is 3.21. The quantitative estimate of drug-likeness (QED) is 0.645. The standard InChI is InChI=1S/C20H21NO2/c1-5-20-9-6-15-18(2,3)17(23)7-8-19(15,4)16(20)10-14(22)13(11-20)12-21/h1,10-11,15H,6-9H2,2-4H3/t15-,19-,20-/m0/s1. The number of ketones is 2. The third-order valence-corrected chi connectivity index (χ3v) is 6.46. The van der Waals surface area contributed by atoms with Gasteiger partial charge in [-0.25, -0.2) is 0 Å². The molecule has 3 aliphatic carbocycles. The van der Waals surface area contributed by atoms with E-state index in [9.17, 15) is 14.9 Å². The van der Waals surface area contributed by atoms with Gasteiger partial charge in [0.1, 0.15) is 11.9 Å². The third kappa shape index (κ3) is 1.89. The average Bonchev–Trinajstić information content (AvgIpc) is 2.52. The van der Waals surface area contributed by atoms with Crippen molar-refractivity contribution in [2.24, 2.45) is 22.2 Å². The minimum atomic E-state index is -0.652. The van der Waals surface area contributed by atoms with E-state index in [1.165, 1.54) is 0 Å². The molecule has 0 bridgehead atoms. The molecular weight excluding hydrogens is 286 g/mol. The van der Waals surface area contributed by atoms with Crippen molar-refractivity contribution < 1.29 is 9.59 Å². The molecule has 0 saturated heterocycles. The van der Waals surface area contributed by atoms with Crippen LogP contribution in [0.3, 0.4) is 0 Å². The lowest BCUT2D eigenvalue weighted by molar-refractivity contribution is -0.140. The molecule has 118 valence electrons. The van der Waals surface area contributed by atoms with Gasteiger partial charge < -0.3 is 0 Å². The van der Waals surface area contributed by atoms with Gasteiger partial charge in [0.25, 0.3) is 0 Å². The molecule has 0 aromatic carbocycles. The second-order valence-corrected chi connectivity index (χ2v) is 7.86. The lowest BCUT2D eigenvalue weighted by Crippen LogP contribution is -2.54. The zero-order chi connectivity index (χ0) is 17.0. The predicted octanol–water partition coefficient (Wildman–Crippen LogP) is 3.37. The maximum absolute atomic E-state index is 12.4. The molecule has 3 nitrogen and oxygen atoms in total. The van der Waals surface area contributed by atoms with E-state index >= 15 is 0 Å². The van der Waals surface area contributed by atoms with Crippen LogP contribution >= 0.6 is 0 Å². The number of fused-ring (bicyclic) bond motifs is 3. The number of rotatable bonds is 0. The summed E-state index contributed by atoms with van der Waals surface area (Å²) >= 11 is 0. The van der Waals surface area contributed by atoms with Crippen molar-refractivity contribution in [1.29, 1.82) is 5.26 Å². The zero-order valence-corrected chi connectivity index (χ0v) is 13.9. The van der Waals surface area contributed by atoms with Crippen molar-refractivity contribution in [2.45, 2.75) is 46.5 Å². The summed E-state index contributed by atoms with van der Waals surface area (Å²) in [6.45, 7) is 6.17. The maximum Gasteiger partial charge on any atom is 0.196 e. The Morgan fingerprint density at radius 1 is 1.26 bits per heavy atom. The van der Waals surface area contributed by atoms with Crippen LogP contribution in [0.25, 0.3) is 0 Å². The lowest BCUT2D eigenvalue weighted by atomic mass is 9.44. The summed E-state index contributed by atoms with van der Waals surface area (Å²) in [6, 6.07) is 1.97. The van der Waals surface area contributed by atoms with Crippen molar-refractivity contribution in [3.8, 4) is 18.4 Å². The first kappa shape index (κ1) is 15.8. The van der Waals surface area contributed by atoms with Gasteiger partial charge in [-0.3, -0.25) is 9.59 Å². The van der Waals surface area contributed by atoms with Crippen LogP contribution in [0.5, 0.6) is 0 Å². The highest BCUT2D eigenvalue weighted by atomic mass is 16.1. The second-order valence-electron chi connectivity index (χ2n) is 7.86. The van der Waals surface area contributed by atoms with Gasteiger partial charge in [-0.2, -0.15) is 5.26 Å². The van der Waals surface area contributed by atoms with E-state index in [1.54, 1.807) is 12.2 Å². The second kappa shape index (κ2) is 4.68. The van der Waals surface area contributed by atoms with Crippen LogP contribution in [0.4, 0.5) is 0 Å². The van der Waals surface area contributed by atoms with Crippen molar-refractivity contribution in [3.05, 3.63) is 23.3 Å². The fourth-order valence-corrected chi connectivity index (χ4v) is 5.13. The van der Waals surface area contributed by atoms with Crippen molar-refractivity contribution in [2.75, 3.05) is 0 Å². The normalized spacial score (nSPS) is 38.4. The summed E-state index contributed by atoms with van der Waals surface area (Å²) in [4.78, 5) is 24.7. The zero-order valence-electron chi connectivity index (χ0n) is 13.9. The minimum Gasteiger partial charge on any atom is -0.299 e. The highest BCUT2D eigenvalue weighted by Gasteiger charge is 2.59. The third-order valence-electron chi connectivity index (χ3n) is 6.46. The number of terminal acetylenes is 1. The molecule has 0 aromatic heterocycles. The Hall–Kier alpha value is -2.13. The fraction of sp³-hybridized carbons (Fsp3) is 0.550. The Morgan fingerprint density at radius 2 is 1.96 bits per heavy atom. The molecule has 0 radical (unpaired) electrons. The number of hydrogen-bond acceptors (Lipinski definition) is 3. The fourth-order valence-electron chi connectivity index (χ4n) is 5.13. The van der Waals surface area contributed by atoms with Crippen LogP contribution in [0, 0.1) is 45.8 Å². The van der Waals surface area contributed by atoms with E-state index in [0.29, 0.717) is 18.6 Å². The molecule has 23 heavy (non-hydrogen) atoms. The first-order valence-corrected chi connectivity index (χ1v) is 8.12. The first-order chi connectivity index (χ1) is 10.7. The average molecular weight is 307 g/mol. The molecule has 0 amide bonds. The van der Waals surface area contributed by atoms with Gasteiger partial charge in [0, 0.05) is 11.8 Å². The van der Waals surface area contributed by atoms with Gasteiger partial charge in [-0.05, 0) is 48.3 Å². The number of nitriles is 1. The lowest BCUT2D eigenvalue weighted by Gasteiger charge is -2.58. The van der Waals surface area contributed by atoms with Crippen LogP contribution in [0.15, 0.2) is 23.3 Å². The van der Waals surface area contributed by atoms with Crippen LogP contribution in [0.2, 0.25) is 0 Å². The summed E-state index contributed by atoms with van der Waals surface area (Å²) < 4.78 is 0. The van der Waals surface area contributed by atoms with Gasteiger partial charge in [0.2, 0.25) is 0 Å². The number of nitrogens with zero attached hydrogens (tertiary/aromatic N) is 1. The molecule has 0 aromatic rings. The summed E-state index contributed by atoms with van der Waals surface area (Å²) in [6.07, 6.45) is 11.9. The number of Topliss-reactive ketones (excluding diaryl/α,β-unsaturated/α-hetero) is 1. The van der Waals surface area contributed by atoms with Gasteiger partial charge in [0.15, 0.2) is 5.78 Å². The number of carbonyl (C=O) groups excluding carboxylic acids is 2. The predicted molar refractivity (Wildman–Crippen MR) is 86.9 cm³/mol. The molecule has 3 heteroatoms. The Morgan fingerprint density at radius 3 is 2.57 bits per heavy atom. The van der Waals surface area contributed by atoms with Crippen LogP contribution in [-0.2, 0) is 9.59 Å². The van der Waals surface area contributed by atoms with E-state index in [4.69, 9.17) is 6.42 Å². The SMILES string of the molecule is C#C[C@]12C=C(C#N)C(=O)C=C1[C@@]1(C)CCC(=O)C(C)(C)[C@@H]1CC2. The number of allylic oxidation sites excluding steroid dienone is 4. The summed E-state index contributed by atoms with van der Waals surface area (Å²) in [7, 11) is 0. The Balaban J connectivity index is 2.18. The molecule has 0 unspecified atom stereocenters. The Bertz CT molecular complexity index is 755. The van der Waals surface area contributed by atoms with Crippen LogP contribution in [-0.4, -0.2) is 11.6 Å². The highest BCUT2D eigenvalue weighted by Crippen LogP contribution is 2.64. The molecule has 3 rings (SSSR count). The molecule has 0 aliphatic heterocycles. The van der Waals surface area contributed by atoms with Crippen LogP contribution < -0.4 is 0 Å². The van der Waals surface area contributed by atoms with E-state index in [1.807, 2.05) is 19.9 Å². The minimum absolute atomic E-state index is 0.139. The van der Waals surface area contributed by atoms with Gasteiger partial charge in [0.05, 0.1) is 11.0 Å². The molecule has 3 aliphatic rings. The molecule has 0 N–H and O–H groups in total. The van der Waals surface area contributed by atoms with E-state index in [-0.39, 0.29) is 22.7 Å². The van der Waals surface area contributed by atoms with Crippen molar-refractivity contribution in [1.82, 2.24) is 0 Å². The van der Waals surface area contributed by atoms with Crippen LogP contribution in [0.1, 0.15) is 46.5 Å². The number of hydrogen-bond donors (Lipinski definition) is 0. The molecule has 0 heterocycles. The summed E-state index contributed by atoms with van der Waals surface area (Å²) in [5.41, 5.74) is -0.250. The summed E-state index contributed by atoms with van der Waals surface area (Å²) in [5, 5.41) is 9.19. The molecular formula is C20H21NO2. The maximum atomic E-state index is 12.4. The Labute approximate surface area is 137 Å². The molecule has 0 spiro atoms. The van der Waals surface area contributed by atoms with Crippen molar-refractivity contribution in [3.63, 3.8) is 0 Å². The molecule has 2 fully saturated rings. The van der Waals surface area contributed by atoms with Gasteiger partial charge in [-0.1, -0.05) is 26.7 Å². The number of carbonyl (C=O) groups is 2. The van der Waals surface area contributed by atoms with Gasteiger partial charge >= 0.3 is 0 Å². The topological polar surface area (TPSA) is 57.9 Å².